The normalized spacial score (nSPS) is 12.3. The molecule has 1 aromatic rings. The number of aliphatic hydroxyl groups is 1. The van der Waals surface area contributed by atoms with Crippen molar-refractivity contribution in [3.05, 3.63) is 22.2 Å². The zero-order valence-corrected chi connectivity index (χ0v) is 11.4. The molecule has 0 bridgehead atoms. The van der Waals surface area contributed by atoms with Gasteiger partial charge in [0.1, 0.15) is 0 Å². The summed E-state index contributed by atoms with van der Waals surface area (Å²) >= 11 is 3.42. The molecular weight excluding hydrogens is 272 g/mol. The van der Waals surface area contributed by atoms with Crippen LogP contribution in [-0.4, -0.2) is 18.3 Å². The van der Waals surface area contributed by atoms with Crippen LogP contribution in [0.3, 0.4) is 0 Å². The SMILES string of the molecule is CC[C@@H](C)Oc1c(Br)cc(CO)cc1OC. The second-order valence-electron chi connectivity index (χ2n) is 3.60. The largest absolute Gasteiger partial charge is 0.493 e. The Morgan fingerprint density at radius 3 is 2.62 bits per heavy atom. The molecule has 0 aromatic heterocycles. The van der Waals surface area contributed by atoms with E-state index in [4.69, 9.17) is 14.6 Å². The maximum Gasteiger partial charge on any atom is 0.175 e. The van der Waals surface area contributed by atoms with Crippen LogP contribution in [0.2, 0.25) is 0 Å². The Bertz CT molecular complexity index is 352. The van der Waals surface area contributed by atoms with Crippen LogP contribution in [0.5, 0.6) is 11.5 Å². The van der Waals surface area contributed by atoms with Gasteiger partial charge in [-0.25, -0.2) is 0 Å². The highest BCUT2D eigenvalue weighted by molar-refractivity contribution is 9.10. The van der Waals surface area contributed by atoms with E-state index >= 15 is 0 Å². The van der Waals surface area contributed by atoms with Crippen molar-refractivity contribution in [2.75, 3.05) is 7.11 Å². The maximum atomic E-state index is 9.08. The third-order valence-electron chi connectivity index (χ3n) is 2.37. The minimum Gasteiger partial charge on any atom is -0.493 e. The predicted molar refractivity (Wildman–Crippen MR) is 67.0 cm³/mol. The summed E-state index contributed by atoms with van der Waals surface area (Å²) in [6.07, 6.45) is 1.06. The molecule has 1 rings (SSSR count). The van der Waals surface area contributed by atoms with Crippen LogP contribution >= 0.6 is 15.9 Å². The van der Waals surface area contributed by atoms with Gasteiger partial charge in [-0.3, -0.25) is 0 Å². The highest BCUT2D eigenvalue weighted by Crippen LogP contribution is 2.37. The number of methoxy groups -OCH3 is 1. The first-order chi connectivity index (χ1) is 7.62. The van der Waals surface area contributed by atoms with Crippen LogP contribution in [0.1, 0.15) is 25.8 Å². The molecule has 0 fully saturated rings. The molecular formula is C12H17BrO3. The third-order valence-corrected chi connectivity index (χ3v) is 2.95. The first kappa shape index (κ1) is 13.3. The number of aliphatic hydroxyl groups excluding tert-OH is 1. The first-order valence-corrected chi connectivity index (χ1v) is 6.05. The van der Waals surface area contributed by atoms with Crippen molar-refractivity contribution in [3.8, 4) is 11.5 Å². The lowest BCUT2D eigenvalue weighted by Crippen LogP contribution is -2.11. The lowest BCUT2D eigenvalue weighted by atomic mass is 10.2. The van der Waals surface area contributed by atoms with E-state index in [1.54, 1.807) is 13.2 Å². The van der Waals surface area contributed by atoms with Crippen LogP contribution < -0.4 is 9.47 Å². The van der Waals surface area contributed by atoms with Crippen LogP contribution in [0.4, 0.5) is 0 Å². The monoisotopic (exact) mass is 288 g/mol. The maximum absolute atomic E-state index is 9.08. The Labute approximate surface area is 105 Å². The first-order valence-electron chi connectivity index (χ1n) is 5.26. The number of hydrogen-bond donors (Lipinski definition) is 1. The molecule has 4 heteroatoms. The quantitative estimate of drug-likeness (QED) is 0.905. The van der Waals surface area contributed by atoms with E-state index in [2.05, 4.69) is 22.9 Å². The van der Waals surface area contributed by atoms with Crippen molar-refractivity contribution < 1.29 is 14.6 Å². The van der Waals surface area contributed by atoms with Gasteiger partial charge < -0.3 is 14.6 Å². The van der Waals surface area contributed by atoms with Gasteiger partial charge in [0.25, 0.3) is 0 Å². The molecule has 1 N–H and O–H groups in total. The molecule has 1 aromatic carbocycles. The summed E-state index contributed by atoms with van der Waals surface area (Å²) in [5, 5.41) is 9.08. The summed E-state index contributed by atoms with van der Waals surface area (Å²) in [4.78, 5) is 0. The molecule has 0 saturated heterocycles. The molecule has 0 aliphatic carbocycles. The van der Waals surface area contributed by atoms with Gasteiger partial charge in [-0.1, -0.05) is 6.92 Å². The third kappa shape index (κ3) is 3.12. The fraction of sp³-hybridized carbons (Fsp3) is 0.500. The van der Waals surface area contributed by atoms with Gasteiger partial charge in [-0.15, -0.1) is 0 Å². The van der Waals surface area contributed by atoms with Crippen molar-refractivity contribution >= 4 is 15.9 Å². The smallest absolute Gasteiger partial charge is 0.175 e. The number of halogens is 1. The molecule has 0 spiro atoms. The van der Waals surface area contributed by atoms with E-state index in [9.17, 15) is 0 Å². The number of benzene rings is 1. The summed E-state index contributed by atoms with van der Waals surface area (Å²) in [7, 11) is 1.59. The van der Waals surface area contributed by atoms with Gasteiger partial charge in [0.05, 0.1) is 24.3 Å². The molecule has 0 aliphatic rings. The zero-order chi connectivity index (χ0) is 12.1. The van der Waals surface area contributed by atoms with Gasteiger partial charge in [0, 0.05) is 0 Å². The molecule has 0 saturated carbocycles. The number of rotatable bonds is 5. The zero-order valence-electron chi connectivity index (χ0n) is 9.79. The van der Waals surface area contributed by atoms with Gasteiger partial charge in [0.2, 0.25) is 0 Å². The minimum atomic E-state index is -0.0153. The molecule has 90 valence electrons. The predicted octanol–water partition coefficient (Wildman–Crippen LogP) is 3.13. The molecule has 16 heavy (non-hydrogen) atoms. The van der Waals surface area contributed by atoms with Crippen molar-refractivity contribution in [2.24, 2.45) is 0 Å². The molecule has 1 atom stereocenters. The Morgan fingerprint density at radius 2 is 2.12 bits per heavy atom. The van der Waals surface area contributed by atoms with E-state index in [1.807, 2.05) is 13.0 Å². The molecule has 3 nitrogen and oxygen atoms in total. The average Bonchev–Trinajstić information content (AvgIpc) is 2.30. The summed E-state index contributed by atoms with van der Waals surface area (Å²) in [5.41, 5.74) is 0.792. The molecule has 0 aliphatic heterocycles. The van der Waals surface area contributed by atoms with E-state index in [-0.39, 0.29) is 12.7 Å². The number of hydrogen-bond acceptors (Lipinski definition) is 3. The van der Waals surface area contributed by atoms with Crippen molar-refractivity contribution in [3.63, 3.8) is 0 Å². The molecule has 0 heterocycles. The fourth-order valence-corrected chi connectivity index (χ4v) is 1.85. The Hall–Kier alpha value is -0.740. The van der Waals surface area contributed by atoms with Gasteiger partial charge in [-0.05, 0) is 47.0 Å². The van der Waals surface area contributed by atoms with Crippen molar-refractivity contribution in [1.29, 1.82) is 0 Å². The Morgan fingerprint density at radius 1 is 1.44 bits per heavy atom. The summed E-state index contributed by atoms with van der Waals surface area (Å²) in [5.74, 6) is 1.33. The Kier molecular flexibility index (Phi) is 5.09. The van der Waals surface area contributed by atoms with Crippen LogP contribution in [0, 0.1) is 0 Å². The highest BCUT2D eigenvalue weighted by Gasteiger charge is 2.13. The fourth-order valence-electron chi connectivity index (χ4n) is 1.26. The van der Waals surface area contributed by atoms with Gasteiger partial charge >= 0.3 is 0 Å². The molecule has 0 amide bonds. The molecule has 0 radical (unpaired) electrons. The van der Waals surface area contributed by atoms with Crippen LogP contribution in [-0.2, 0) is 6.61 Å². The lowest BCUT2D eigenvalue weighted by Gasteiger charge is -2.17. The highest BCUT2D eigenvalue weighted by atomic mass is 79.9. The standard InChI is InChI=1S/C12H17BrO3/c1-4-8(2)16-12-10(13)5-9(7-14)6-11(12)15-3/h5-6,8,14H,4,7H2,1-3H3/t8-/m1/s1. The summed E-state index contributed by atoms with van der Waals surface area (Å²) < 4.78 is 11.8. The minimum absolute atomic E-state index is 0.0153. The van der Waals surface area contributed by atoms with E-state index in [0.29, 0.717) is 11.5 Å². The second kappa shape index (κ2) is 6.11. The van der Waals surface area contributed by atoms with E-state index in [0.717, 1.165) is 16.5 Å². The van der Waals surface area contributed by atoms with E-state index < -0.39 is 0 Å². The lowest BCUT2D eigenvalue weighted by molar-refractivity contribution is 0.205. The second-order valence-corrected chi connectivity index (χ2v) is 4.46. The molecule has 0 unspecified atom stereocenters. The topological polar surface area (TPSA) is 38.7 Å². The van der Waals surface area contributed by atoms with Gasteiger partial charge in [0.15, 0.2) is 11.5 Å². The van der Waals surface area contributed by atoms with Crippen molar-refractivity contribution in [1.82, 2.24) is 0 Å². The Balaban J connectivity index is 3.06. The van der Waals surface area contributed by atoms with Gasteiger partial charge in [-0.2, -0.15) is 0 Å². The number of ether oxygens (including phenoxy) is 2. The summed E-state index contributed by atoms with van der Waals surface area (Å²) in [6.45, 7) is 4.05. The average molecular weight is 289 g/mol. The van der Waals surface area contributed by atoms with Crippen LogP contribution in [0.25, 0.3) is 0 Å². The van der Waals surface area contributed by atoms with Crippen molar-refractivity contribution in [2.45, 2.75) is 33.0 Å². The van der Waals surface area contributed by atoms with E-state index in [1.165, 1.54) is 0 Å². The van der Waals surface area contributed by atoms with Crippen LogP contribution in [0.15, 0.2) is 16.6 Å². The summed E-state index contributed by atoms with van der Waals surface area (Å²) in [6, 6.07) is 3.61.